The van der Waals surface area contributed by atoms with Gasteiger partial charge in [0.2, 0.25) is 11.8 Å². The van der Waals surface area contributed by atoms with E-state index in [1.807, 2.05) is 61.5 Å². The second-order valence-electron chi connectivity index (χ2n) is 12.7. The summed E-state index contributed by atoms with van der Waals surface area (Å²) in [7, 11) is 0. The summed E-state index contributed by atoms with van der Waals surface area (Å²) in [4.78, 5) is 59.6. The Hall–Kier alpha value is -4.40. The third-order valence-electron chi connectivity index (χ3n) is 9.93. The van der Waals surface area contributed by atoms with E-state index in [4.69, 9.17) is 9.47 Å². The lowest BCUT2D eigenvalue weighted by atomic mass is 9.74. The van der Waals surface area contributed by atoms with Gasteiger partial charge in [-0.1, -0.05) is 82.7 Å². The molecule has 1 aromatic heterocycles. The zero-order valence-electron chi connectivity index (χ0n) is 26.9. The van der Waals surface area contributed by atoms with E-state index in [-0.39, 0.29) is 38.7 Å². The van der Waals surface area contributed by atoms with Gasteiger partial charge in [-0.3, -0.25) is 19.2 Å². The molecule has 3 aromatic rings. The second kappa shape index (κ2) is 13.5. The molecule has 2 N–H and O–H groups in total. The molecule has 3 amide bonds. The molecule has 0 aliphatic carbocycles. The lowest BCUT2D eigenvalue weighted by molar-refractivity contribution is -0.160. The van der Waals surface area contributed by atoms with E-state index in [1.54, 1.807) is 27.8 Å². The van der Waals surface area contributed by atoms with E-state index in [0.717, 1.165) is 0 Å². The van der Waals surface area contributed by atoms with Crippen molar-refractivity contribution >= 4 is 50.7 Å². The number of halogens is 1. The highest BCUT2D eigenvalue weighted by atomic mass is 79.9. The van der Waals surface area contributed by atoms with Crippen molar-refractivity contribution in [2.24, 2.45) is 11.8 Å². The molecule has 2 fully saturated rings. The molecule has 13 nitrogen and oxygen atoms in total. The number of rotatable bonds is 6. The smallest absolute Gasteiger partial charge is 0.313 e. The standard InChI is InChI=1S/C35H37BrN6O7/c1-2-22(19-43)42-31-33(46)40(20-41-25-14-9-8-13-24(25)38-39-41)16-10-4-7-15-27(44)37-18-26(21-11-5-3-6-12-21)48-34(47)28-29(32(42)45)35(31)17-23(36)30(28)49-35/h3-6,8-14,17,22,26,28-31,43H,2,7,15-16,18-20H2,1H3,(H,37,44)/b10-4-/t22-,26-,28-,29+,30-,31-,35+/m0/s1. The van der Waals surface area contributed by atoms with Gasteiger partial charge in [-0.25, -0.2) is 4.68 Å². The Kier molecular flexibility index (Phi) is 9.11. The summed E-state index contributed by atoms with van der Waals surface area (Å²) < 4.78 is 14.9. The fourth-order valence-electron chi connectivity index (χ4n) is 7.53. The molecule has 256 valence electrons. The van der Waals surface area contributed by atoms with Crippen LogP contribution in [0.15, 0.2) is 77.3 Å². The summed E-state index contributed by atoms with van der Waals surface area (Å²) in [6.45, 7) is 1.60. The molecule has 5 heterocycles. The van der Waals surface area contributed by atoms with Gasteiger partial charge in [0, 0.05) is 17.4 Å². The van der Waals surface area contributed by atoms with E-state index >= 15 is 4.79 Å². The molecule has 7 rings (SSSR count). The Morgan fingerprint density at radius 3 is 2.61 bits per heavy atom. The molecule has 0 saturated carbocycles. The van der Waals surface area contributed by atoms with Crippen molar-refractivity contribution < 1.29 is 33.8 Å². The van der Waals surface area contributed by atoms with Crippen molar-refractivity contribution in [2.75, 3.05) is 19.7 Å². The molecule has 7 atom stereocenters. The van der Waals surface area contributed by atoms with E-state index in [2.05, 4.69) is 31.6 Å². The number of likely N-dealkylation sites (tertiary alicyclic amines) is 1. The molecule has 4 aliphatic heterocycles. The molecule has 2 aromatic carbocycles. The quantitative estimate of drug-likeness (QED) is 0.287. The van der Waals surface area contributed by atoms with Crippen LogP contribution in [0.2, 0.25) is 0 Å². The number of aliphatic hydroxyl groups excluding tert-OH is 1. The Labute approximate surface area is 291 Å². The van der Waals surface area contributed by atoms with Crippen LogP contribution < -0.4 is 5.32 Å². The number of allylic oxidation sites excluding steroid dienone is 1. The summed E-state index contributed by atoms with van der Waals surface area (Å²) in [6.07, 6.45) is 4.63. The number of nitrogens with one attached hydrogen (secondary N) is 1. The number of carbonyl (C=O) groups is 4. The van der Waals surface area contributed by atoms with Gasteiger partial charge in [0.05, 0.1) is 30.6 Å². The van der Waals surface area contributed by atoms with Gasteiger partial charge < -0.3 is 29.7 Å². The monoisotopic (exact) mass is 732 g/mol. The van der Waals surface area contributed by atoms with Crippen molar-refractivity contribution in [2.45, 2.75) is 62.7 Å². The number of benzene rings is 2. The summed E-state index contributed by atoms with van der Waals surface area (Å²) in [6, 6.07) is 14.6. The van der Waals surface area contributed by atoms with Gasteiger partial charge in [-0.05, 0) is 36.6 Å². The fraction of sp³-hybridized carbons (Fsp3) is 0.429. The number of carbonyl (C=O) groups excluding carboxylic acids is 4. The number of aromatic nitrogens is 3. The third kappa shape index (κ3) is 5.75. The van der Waals surface area contributed by atoms with Crippen molar-refractivity contribution in [3.63, 3.8) is 0 Å². The fourth-order valence-corrected chi connectivity index (χ4v) is 8.27. The van der Waals surface area contributed by atoms with Crippen LogP contribution in [0.3, 0.4) is 0 Å². The van der Waals surface area contributed by atoms with E-state index in [1.165, 1.54) is 4.90 Å². The van der Waals surface area contributed by atoms with Crippen LogP contribution in [0.1, 0.15) is 37.9 Å². The Bertz CT molecular complexity index is 1830. The summed E-state index contributed by atoms with van der Waals surface area (Å²) >= 11 is 3.58. The second-order valence-corrected chi connectivity index (χ2v) is 13.7. The number of aliphatic hydroxyl groups is 1. The van der Waals surface area contributed by atoms with Crippen LogP contribution in [-0.4, -0.2) is 97.1 Å². The number of fused-ring (bicyclic) bond motifs is 3. The van der Waals surface area contributed by atoms with Crippen molar-refractivity contribution in [1.29, 1.82) is 0 Å². The molecule has 2 saturated heterocycles. The maximum absolute atomic E-state index is 15.0. The number of hydrogen-bond acceptors (Lipinski definition) is 9. The lowest BCUT2D eigenvalue weighted by Crippen LogP contribution is -2.58. The average molecular weight is 734 g/mol. The minimum atomic E-state index is -1.51. The predicted molar refractivity (Wildman–Crippen MR) is 179 cm³/mol. The molecule has 0 unspecified atom stereocenters. The van der Waals surface area contributed by atoms with E-state index in [0.29, 0.717) is 33.9 Å². The van der Waals surface area contributed by atoms with Gasteiger partial charge in [0.15, 0.2) is 0 Å². The van der Waals surface area contributed by atoms with Gasteiger partial charge in [0.1, 0.15) is 42.0 Å². The molecule has 4 aliphatic rings. The number of para-hydroxylation sites is 1. The zero-order chi connectivity index (χ0) is 34.3. The van der Waals surface area contributed by atoms with Crippen LogP contribution in [0.4, 0.5) is 0 Å². The molecule has 49 heavy (non-hydrogen) atoms. The molecular formula is C35H37BrN6O7. The predicted octanol–water partition coefficient (Wildman–Crippen LogP) is 2.61. The average Bonchev–Trinajstić information content (AvgIpc) is 3.83. The molecule has 1 spiro atoms. The van der Waals surface area contributed by atoms with Crippen molar-refractivity contribution in [3.8, 4) is 0 Å². The highest BCUT2D eigenvalue weighted by Crippen LogP contribution is 2.59. The van der Waals surface area contributed by atoms with Crippen LogP contribution in [0.5, 0.6) is 0 Å². The van der Waals surface area contributed by atoms with Crippen molar-refractivity contribution in [3.05, 3.63) is 82.9 Å². The normalized spacial score (nSPS) is 30.3. The lowest BCUT2D eigenvalue weighted by Gasteiger charge is -2.38. The van der Waals surface area contributed by atoms with Crippen molar-refractivity contribution in [1.82, 2.24) is 30.1 Å². The summed E-state index contributed by atoms with van der Waals surface area (Å²) in [5, 5.41) is 21.9. The Morgan fingerprint density at radius 1 is 1.06 bits per heavy atom. The molecule has 5 bridgehead atoms. The molecule has 14 heteroatoms. The topological polar surface area (TPSA) is 156 Å². The molecule has 0 radical (unpaired) electrons. The van der Waals surface area contributed by atoms with Crippen LogP contribution in [0, 0.1) is 11.8 Å². The first-order valence-electron chi connectivity index (χ1n) is 16.5. The maximum Gasteiger partial charge on any atom is 0.313 e. The third-order valence-corrected chi connectivity index (χ3v) is 10.6. The minimum absolute atomic E-state index is 0.00208. The zero-order valence-corrected chi connectivity index (χ0v) is 28.4. The summed E-state index contributed by atoms with van der Waals surface area (Å²) in [5.41, 5.74) is 0.538. The van der Waals surface area contributed by atoms with Crippen LogP contribution in [0.25, 0.3) is 11.0 Å². The van der Waals surface area contributed by atoms with Crippen LogP contribution in [-0.2, 0) is 35.3 Å². The molecular weight excluding hydrogens is 696 g/mol. The van der Waals surface area contributed by atoms with Gasteiger partial charge in [0.25, 0.3) is 5.91 Å². The van der Waals surface area contributed by atoms with E-state index in [9.17, 15) is 19.5 Å². The number of ether oxygens (including phenoxy) is 2. The summed E-state index contributed by atoms with van der Waals surface area (Å²) in [5.74, 6) is -3.99. The largest absolute Gasteiger partial charge is 0.455 e. The Balaban J connectivity index is 1.32. The van der Waals surface area contributed by atoms with Crippen LogP contribution >= 0.6 is 15.9 Å². The van der Waals surface area contributed by atoms with Gasteiger partial charge in [-0.2, -0.15) is 0 Å². The number of amides is 3. The van der Waals surface area contributed by atoms with E-state index < -0.39 is 59.5 Å². The number of esters is 1. The highest BCUT2D eigenvalue weighted by molar-refractivity contribution is 9.11. The highest BCUT2D eigenvalue weighted by Gasteiger charge is 2.75. The Morgan fingerprint density at radius 2 is 1.84 bits per heavy atom. The first kappa shape index (κ1) is 33.1. The first-order chi connectivity index (χ1) is 23.8. The number of hydrogen-bond donors (Lipinski definition) is 2. The minimum Gasteiger partial charge on any atom is -0.455 e. The van der Waals surface area contributed by atoms with Gasteiger partial charge in [-0.15, -0.1) is 5.10 Å². The maximum atomic E-state index is 15.0. The van der Waals surface area contributed by atoms with Gasteiger partial charge >= 0.3 is 5.97 Å². The number of nitrogens with zero attached hydrogens (tertiary/aromatic N) is 5. The SMILES string of the molecule is CC[C@@H](CO)N1C(=O)[C@H]2[C@@H]3C(=O)O[C@H](c4ccccc4)CNC(=O)CC/C=C\CN(Cn4nnc5ccccc54)C(=O)[C@H]1[C@@]21C=C(Br)[C@@H]3O1. The number of cyclic esters (lactones) is 1. The first-order valence-corrected chi connectivity index (χ1v) is 17.3.